The van der Waals surface area contributed by atoms with Crippen LogP contribution in [0.15, 0.2) is 63.9 Å². The molecule has 0 spiro atoms. The summed E-state index contributed by atoms with van der Waals surface area (Å²) in [6, 6.07) is 15.0. The van der Waals surface area contributed by atoms with E-state index in [-0.39, 0.29) is 16.9 Å². The monoisotopic (exact) mass is 439 g/mol. The lowest BCUT2D eigenvalue weighted by Gasteiger charge is -2.20. The van der Waals surface area contributed by atoms with Gasteiger partial charge in [0.1, 0.15) is 11.9 Å². The van der Waals surface area contributed by atoms with Crippen LogP contribution in [0, 0.1) is 0 Å². The molecule has 2 heterocycles. The number of rotatable bonds is 3. The van der Waals surface area contributed by atoms with Crippen molar-refractivity contribution in [2.45, 2.75) is 6.10 Å². The number of aliphatic hydroxyl groups is 1. The van der Waals surface area contributed by atoms with Crippen molar-refractivity contribution in [3.63, 3.8) is 0 Å². The number of aliphatic hydroxyl groups excluding tert-OH is 1. The Bertz CT molecular complexity index is 1190. The first-order chi connectivity index (χ1) is 13.4. The van der Waals surface area contributed by atoms with Gasteiger partial charge in [0.15, 0.2) is 0 Å². The minimum absolute atomic E-state index is 0.0485. The van der Waals surface area contributed by atoms with E-state index in [1.165, 1.54) is 0 Å². The van der Waals surface area contributed by atoms with Gasteiger partial charge < -0.3 is 10.8 Å². The predicted molar refractivity (Wildman–Crippen MR) is 106 cm³/mol. The van der Waals surface area contributed by atoms with Crippen LogP contribution in [0.5, 0.6) is 0 Å². The number of nitrogens with zero attached hydrogens (tertiary/aromatic N) is 1. The Morgan fingerprint density at radius 3 is 2.43 bits per heavy atom. The van der Waals surface area contributed by atoms with Gasteiger partial charge in [-0.2, -0.15) is 0 Å². The Morgan fingerprint density at radius 2 is 1.71 bits per heavy atom. The highest BCUT2D eigenvalue weighted by Gasteiger charge is 2.32. The maximum absolute atomic E-state index is 12.7. The van der Waals surface area contributed by atoms with Crippen LogP contribution in [0.4, 0.5) is 5.82 Å². The molecule has 140 valence electrons. The number of pyridine rings is 1. The summed E-state index contributed by atoms with van der Waals surface area (Å²) in [5.41, 5.74) is 6.81. The van der Waals surface area contributed by atoms with E-state index in [9.17, 15) is 19.5 Å². The molecule has 0 saturated heterocycles. The molecule has 1 aliphatic heterocycles. The van der Waals surface area contributed by atoms with Gasteiger partial charge in [0.2, 0.25) is 0 Å². The van der Waals surface area contributed by atoms with Crippen LogP contribution in [0.25, 0.3) is 5.69 Å². The standard InChI is InChI=1S/C20H14BrN3O4/c21-11-6-7-14(12(8-11)17(26)10-4-2-1-3-5-10)24-15(25)9-13-16(18(24)22)20(28)23-19(13)27/h1-9,17,26H,22H2,(H,23,27,28). The number of halogens is 1. The number of nitrogens with two attached hydrogens (primary N) is 1. The normalized spacial score (nSPS) is 13.9. The topological polar surface area (TPSA) is 114 Å². The van der Waals surface area contributed by atoms with E-state index in [1.807, 2.05) is 6.07 Å². The summed E-state index contributed by atoms with van der Waals surface area (Å²) < 4.78 is 1.83. The highest BCUT2D eigenvalue weighted by atomic mass is 79.9. The minimum atomic E-state index is -1.04. The lowest BCUT2D eigenvalue weighted by Crippen LogP contribution is -2.25. The van der Waals surface area contributed by atoms with E-state index in [4.69, 9.17) is 5.73 Å². The average molecular weight is 440 g/mol. The number of carbonyl (C=O) groups excluding carboxylic acids is 2. The molecule has 0 bridgehead atoms. The van der Waals surface area contributed by atoms with Crippen LogP contribution in [0.3, 0.4) is 0 Å². The molecule has 0 fully saturated rings. The molecular formula is C20H14BrN3O4. The zero-order valence-corrected chi connectivity index (χ0v) is 15.9. The molecule has 4 N–H and O–H groups in total. The lowest BCUT2D eigenvalue weighted by atomic mass is 9.99. The van der Waals surface area contributed by atoms with Gasteiger partial charge in [-0.25, -0.2) is 0 Å². The summed E-state index contributed by atoms with van der Waals surface area (Å²) in [5, 5.41) is 13.1. The lowest BCUT2D eigenvalue weighted by molar-refractivity contribution is 0.0880. The maximum atomic E-state index is 12.7. The smallest absolute Gasteiger partial charge is 0.262 e. The Labute approximate surface area is 167 Å². The van der Waals surface area contributed by atoms with Gasteiger partial charge in [0.05, 0.1) is 16.8 Å². The molecule has 0 radical (unpaired) electrons. The van der Waals surface area contributed by atoms with Crippen molar-refractivity contribution in [2.75, 3.05) is 5.73 Å². The van der Waals surface area contributed by atoms with E-state index in [2.05, 4.69) is 21.2 Å². The van der Waals surface area contributed by atoms with Crippen LogP contribution in [0.1, 0.15) is 37.9 Å². The highest BCUT2D eigenvalue weighted by molar-refractivity contribution is 9.10. The van der Waals surface area contributed by atoms with Crippen molar-refractivity contribution in [3.8, 4) is 5.69 Å². The van der Waals surface area contributed by atoms with Gasteiger partial charge in [-0.3, -0.25) is 24.3 Å². The van der Waals surface area contributed by atoms with E-state index in [1.54, 1.807) is 42.5 Å². The van der Waals surface area contributed by atoms with Gasteiger partial charge in [0.25, 0.3) is 17.4 Å². The second-order valence-corrected chi connectivity index (χ2v) is 7.21. The number of anilines is 1. The van der Waals surface area contributed by atoms with E-state index < -0.39 is 23.5 Å². The van der Waals surface area contributed by atoms with Gasteiger partial charge >= 0.3 is 0 Å². The number of nitrogens with one attached hydrogen (secondary N) is 1. The zero-order chi connectivity index (χ0) is 20.0. The van der Waals surface area contributed by atoms with Crippen molar-refractivity contribution in [1.82, 2.24) is 9.88 Å². The van der Waals surface area contributed by atoms with E-state index in [0.29, 0.717) is 21.3 Å². The third kappa shape index (κ3) is 2.83. The molecule has 8 heteroatoms. The van der Waals surface area contributed by atoms with Crippen molar-refractivity contribution < 1.29 is 14.7 Å². The van der Waals surface area contributed by atoms with Crippen molar-refractivity contribution in [3.05, 3.63) is 91.7 Å². The van der Waals surface area contributed by atoms with Gasteiger partial charge in [-0.1, -0.05) is 46.3 Å². The third-order valence-electron chi connectivity index (χ3n) is 4.59. The molecule has 0 aliphatic carbocycles. The number of fused-ring (bicyclic) bond motifs is 1. The maximum Gasteiger partial charge on any atom is 0.262 e. The fourth-order valence-electron chi connectivity index (χ4n) is 3.29. The average Bonchev–Trinajstić information content (AvgIpc) is 2.96. The SMILES string of the molecule is Nc1c2c(cc(=O)n1-c1ccc(Br)cc1C(O)c1ccccc1)C(=O)NC2=O. The van der Waals surface area contributed by atoms with Crippen LogP contribution in [-0.4, -0.2) is 21.5 Å². The Morgan fingerprint density at radius 1 is 1.00 bits per heavy atom. The summed E-state index contributed by atoms with van der Waals surface area (Å²) >= 11 is 3.38. The fraction of sp³-hybridized carbons (Fsp3) is 0.0500. The number of hydrogen-bond donors (Lipinski definition) is 3. The van der Waals surface area contributed by atoms with Crippen LogP contribution < -0.4 is 16.6 Å². The molecule has 1 aromatic heterocycles. The third-order valence-corrected chi connectivity index (χ3v) is 5.09. The molecule has 3 aromatic rings. The first kappa shape index (κ1) is 18.1. The summed E-state index contributed by atoms with van der Waals surface area (Å²) in [5.74, 6) is -1.47. The Balaban J connectivity index is 1.97. The number of carbonyl (C=O) groups is 2. The van der Waals surface area contributed by atoms with Crippen molar-refractivity contribution in [1.29, 1.82) is 0 Å². The van der Waals surface area contributed by atoms with Gasteiger partial charge in [0, 0.05) is 16.1 Å². The van der Waals surface area contributed by atoms with Crippen molar-refractivity contribution in [2.24, 2.45) is 0 Å². The molecular weight excluding hydrogens is 426 g/mol. The Hall–Kier alpha value is -3.23. The quantitative estimate of drug-likeness (QED) is 0.540. The first-order valence-electron chi connectivity index (χ1n) is 8.32. The number of aromatic nitrogens is 1. The second kappa shape index (κ2) is 6.74. The number of hydrogen-bond acceptors (Lipinski definition) is 5. The van der Waals surface area contributed by atoms with E-state index in [0.717, 1.165) is 10.6 Å². The summed E-state index contributed by atoms with van der Waals surface area (Å²) in [6.07, 6.45) is -1.04. The molecule has 2 amide bonds. The van der Waals surface area contributed by atoms with Crippen LogP contribution >= 0.6 is 15.9 Å². The molecule has 7 nitrogen and oxygen atoms in total. The number of nitrogen functional groups attached to an aromatic ring is 1. The summed E-state index contributed by atoms with van der Waals surface area (Å²) in [7, 11) is 0. The molecule has 4 rings (SSSR count). The molecule has 28 heavy (non-hydrogen) atoms. The molecule has 0 saturated carbocycles. The number of benzene rings is 2. The highest BCUT2D eigenvalue weighted by Crippen LogP contribution is 2.32. The zero-order valence-electron chi connectivity index (χ0n) is 14.3. The molecule has 1 unspecified atom stereocenters. The summed E-state index contributed by atoms with van der Waals surface area (Å²) in [6.45, 7) is 0. The fourth-order valence-corrected chi connectivity index (χ4v) is 3.67. The van der Waals surface area contributed by atoms with Gasteiger partial charge in [-0.15, -0.1) is 0 Å². The van der Waals surface area contributed by atoms with Crippen LogP contribution in [0.2, 0.25) is 0 Å². The van der Waals surface area contributed by atoms with Crippen molar-refractivity contribution >= 4 is 33.6 Å². The Kier molecular flexibility index (Phi) is 4.37. The largest absolute Gasteiger partial charge is 0.384 e. The molecule has 2 aromatic carbocycles. The van der Waals surface area contributed by atoms with E-state index >= 15 is 0 Å². The number of amides is 2. The predicted octanol–water partition coefficient (Wildman–Crippen LogP) is 2.15. The second-order valence-electron chi connectivity index (χ2n) is 6.29. The molecule has 1 aliphatic rings. The molecule has 1 atom stereocenters. The van der Waals surface area contributed by atoms with Gasteiger partial charge in [-0.05, 0) is 23.8 Å². The number of imide groups is 1. The minimum Gasteiger partial charge on any atom is -0.384 e. The van der Waals surface area contributed by atoms with Crippen LogP contribution in [-0.2, 0) is 0 Å². The first-order valence-corrected chi connectivity index (χ1v) is 9.12. The summed E-state index contributed by atoms with van der Waals surface area (Å²) in [4.78, 5) is 36.7.